The average molecular weight is 207 g/mol. The van der Waals surface area contributed by atoms with E-state index in [0.717, 1.165) is 5.69 Å². The number of imidazole rings is 1. The van der Waals surface area contributed by atoms with Gasteiger partial charge in [-0.15, -0.1) is 0 Å². The SMILES string of the molecule is Cc1cn(C2CCCCCCC2)c(N)n1. The Morgan fingerprint density at radius 3 is 2.33 bits per heavy atom. The van der Waals surface area contributed by atoms with Gasteiger partial charge in [0.2, 0.25) is 5.95 Å². The van der Waals surface area contributed by atoms with Crippen molar-refractivity contribution in [1.29, 1.82) is 0 Å². The quantitative estimate of drug-likeness (QED) is 0.769. The summed E-state index contributed by atoms with van der Waals surface area (Å²) in [5.74, 6) is 0.693. The van der Waals surface area contributed by atoms with Crippen LogP contribution in [0.4, 0.5) is 5.95 Å². The monoisotopic (exact) mass is 207 g/mol. The summed E-state index contributed by atoms with van der Waals surface area (Å²) < 4.78 is 2.18. The first-order valence-electron chi connectivity index (χ1n) is 6.08. The van der Waals surface area contributed by atoms with Crippen LogP contribution < -0.4 is 5.73 Å². The number of nitrogens with zero attached hydrogens (tertiary/aromatic N) is 2. The van der Waals surface area contributed by atoms with Gasteiger partial charge in [-0.2, -0.15) is 0 Å². The second kappa shape index (κ2) is 4.69. The summed E-state index contributed by atoms with van der Waals surface area (Å²) in [6, 6.07) is 0.589. The van der Waals surface area contributed by atoms with Gasteiger partial charge in [0.1, 0.15) is 0 Å². The van der Waals surface area contributed by atoms with Crippen molar-refractivity contribution in [2.75, 3.05) is 5.73 Å². The van der Waals surface area contributed by atoms with Crippen molar-refractivity contribution in [3.8, 4) is 0 Å². The molecule has 0 atom stereocenters. The van der Waals surface area contributed by atoms with E-state index in [2.05, 4.69) is 15.7 Å². The molecule has 3 nitrogen and oxygen atoms in total. The molecule has 0 amide bonds. The molecule has 1 heterocycles. The molecule has 0 aromatic carbocycles. The van der Waals surface area contributed by atoms with Crippen LogP contribution in [0.3, 0.4) is 0 Å². The highest BCUT2D eigenvalue weighted by Crippen LogP contribution is 2.28. The molecule has 0 radical (unpaired) electrons. The van der Waals surface area contributed by atoms with Gasteiger partial charge < -0.3 is 10.3 Å². The summed E-state index contributed by atoms with van der Waals surface area (Å²) in [4.78, 5) is 4.28. The normalized spacial score (nSPS) is 19.8. The molecule has 0 saturated heterocycles. The van der Waals surface area contributed by atoms with Crippen LogP contribution in [0.25, 0.3) is 0 Å². The van der Waals surface area contributed by atoms with E-state index < -0.39 is 0 Å². The zero-order chi connectivity index (χ0) is 10.7. The molecular weight excluding hydrogens is 186 g/mol. The third kappa shape index (κ3) is 2.52. The first kappa shape index (κ1) is 10.5. The molecule has 0 spiro atoms. The molecule has 3 heteroatoms. The van der Waals surface area contributed by atoms with Gasteiger partial charge in [-0.05, 0) is 19.8 Å². The van der Waals surface area contributed by atoms with E-state index in [1.807, 2.05) is 6.92 Å². The molecule has 2 N–H and O–H groups in total. The van der Waals surface area contributed by atoms with Crippen molar-refractivity contribution < 1.29 is 0 Å². The van der Waals surface area contributed by atoms with Crippen LogP contribution in [0.2, 0.25) is 0 Å². The maximum absolute atomic E-state index is 5.91. The fourth-order valence-corrected chi connectivity index (χ4v) is 2.54. The average Bonchev–Trinajstić information content (AvgIpc) is 2.45. The van der Waals surface area contributed by atoms with Gasteiger partial charge in [0.25, 0.3) is 0 Å². The van der Waals surface area contributed by atoms with Gasteiger partial charge in [0, 0.05) is 12.2 Å². The number of aryl methyl sites for hydroxylation is 1. The van der Waals surface area contributed by atoms with E-state index in [9.17, 15) is 0 Å². The van der Waals surface area contributed by atoms with Gasteiger partial charge in [0.05, 0.1) is 5.69 Å². The van der Waals surface area contributed by atoms with E-state index in [4.69, 9.17) is 5.73 Å². The Kier molecular flexibility index (Phi) is 3.29. The minimum atomic E-state index is 0.589. The predicted octanol–water partition coefficient (Wildman–Crippen LogP) is 3.06. The number of nitrogen functional groups attached to an aromatic ring is 1. The molecule has 2 rings (SSSR count). The highest BCUT2D eigenvalue weighted by molar-refractivity contribution is 5.22. The molecule has 84 valence electrons. The molecule has 1 aromatic heterocycles. The maximum atomic E-state index is 5.91. The third-order valence-electron chi connectivity index (χ3n) is 3.35. The van der Waals surface area contributed by atoms with Crippen LogP contribution >= 0.6 is 0 Å². The topological polar surface area (TPSA) is 43.8 Å². The van der Waals surface area contributed by atoms with E-state index >= 15 is 0 Å². The van der Waals surface area contributed by atoms with Gasteiger partial charge in [-0.3, -0.25) is 0 Å². The fourth-order valence-electron chi connectivity index (χ4n) is 2.54. The lowest BCUT2D eigenvalue weighted by molar-refractivity contribution is 0.375. The van der Waals surface area contributed by atoms with E-state index in [0.29, 0.717) is 12.0 Å². The van der Waals surface area contributed by atoms with E-state index in [1.165, 1.54) is 44.9 Å². The summed E-state index contributed by atoms with van der Waals surface area (Å²) in [6.07, 6.45) is 11.5. The highest BCUT2D eigenvalue weighted by atomic mass is 15.2. The van der Waals surface area contributed by atoms with Crippen LogP contribution in [0, 0.1) is 6.92 Å². The lowest BCUT2D eigenvalue weighted by Crippen LogP contribution is -2.12. The Morgan fingerprint density at radius 2 is 1.80 bits per heavy atom. The van der Waals surface area contributed by atoms with Crippen LogP contribution in [0.15, 0.2) is 6.20 Å². The van der Waals surface area contributed by atoms with Crippen LogP contribution in [-0.2, 0) is 0 Å². The van der Waals surface area contributed by atoms with Gasteiger partial charge in [-0.1, -0.05) is 32.1 Å². The molecular formula is C12H21N3. The minimum absolute atomic E-state index is 0.589. The number of hydrogen-bond acceptors (Lipinski definition) is 2. The molecule has 15 heavy (non-hydrogen) atoms. The lowest BCUT2D eigenvalue weighted by Gasteiger charge is -2.21. The van der Waals surface area contributed by atoms with Crippen molar-refractivity contribution in [2.24, 2.45) is 0 Å². The zero-order valence-electron chi connectivity index (χ0n) is 9.58. The van der Waals surface area contributed by atoms with Crippen LogP contribution in [-0.4, -0.2) is 9.55 Å². The molecule has 0 bridgehead atoms. The first-order chi connectivity index (χ1) is 7.27. The Hall–Kier alpha value is -0.990. The van der Waals surface area contributed by atoms with Gasteiger partial charge in [0.15, 0.2) is 0 Å². The largest absolute Gasteiger partial charge is 0.369 e. The number of anilines is 1. The van der Waals surface area contributed by atoms with Crippen molar-refractivity contribution in [2.45, 2.75) is 57.9 Å². The molecule has 1 fully saturated rings. The van der Waals surface area contributed by atoms with E-state index in [1.54, 1.807) is 0 Å². The number of rotatable bonds is 1. The van der Waals surface area contributed by atoms with E-state index in [-0.39, 0.29) is 0 Å². The Morgan fingerprint density at radius 1 is 1.20 bits per heavy atom. The fraction of sp³-hybridized carbons (Fsp3) is 0.750. The second-order valence-electron chi connectivity index (χ2n) is 4.65. The highest BCUT2D eigenvalue weighted by Gasteiger charge is 2.15. The molecule has 0 aliphatic heterocycles. The molecule has 0 unspecified atom stereocenters. The molecule has 1 aliphatic carbocycles. The summed E-state index contributed by atoms with van der Waals surface area (Å²) >= 11 is 0. The number of aromatic nitrogens is 2. The van der Waals surface area contributed by atoms with Gasteiger partial charge >= 0.3 is 0 Å². The molecule has 1 aromatic rings. The Bertz CT molecular complexity index is 309. The molecule has 1 aliphatic rings. The third-order valence-corrected chi connectivity index (χ3v) is 3.35. The van der Waals surface area contributed by atoms with Crippen molar-refractivity contribution >= 4 is 5.95 Å². The first-order valence-corrected chi connectivity index (χ1v) is 6.08. The van der Waals surface area contributed by atoms with Crippen molar-refractivity contribution in [3.63, 3.8) is 0 Å². The van der Waals surface area contributed by atoms with Crippen molar-refractivity contribution in [1.82, 2.24) is 9.55 Å². The summed E-state index contributed by atoms with van der Waals surface area (Å²) in [7, 11) is 0. The standard InChI is InChI=1S/C12H21N3/c1-10-9-15(12(13)14-10)11-7-5-3-2-4-6-8-11/h9,11H,2-8H2,1H3,(H2,13,14). The van der Waals surface area contributed by atoms with Crippen LogP contribution in [0.1, 0.15) is 56.7 Å². The predicted molar refractivity (Wildman–Crippen MR) is 62.7 cm³/mol. The summed E-state index contributed by atoms with van der Waals surface area (Å²) in [6.45, 7) is 2.01. The Balaban J connectivity index is 2.09. The van der Waals surface area contributed by atoms with Crippen LogP contribution in [0.5, 0.6) is 0 Å². The van der Waals surface area contributed by atoms with Crippen molar-refractivity contribution in [3.05, 3.63) is 11.9 Å². The summed E-state index contributed by atoms with van der Waals surface area (Å²) in [5, 5.41) is 0. The number of nitrogens with two attached hydrogens (primary N) is 1. The zero-order valence-corrected chi connectivity index (χ0v) is 9.58. The minimum Gasteiger partial charge on any atom is -0.369 e. The summed E-state index contributed by atoms with van der Waals surface area (Å²) in [5.41, 5.74) is 6.95. The number of hydrogen-bond donors (Lipinski definition) is 1. The maximum Gasteiger partial charge on any atom is 0.200 e. The Labute approximate surface area is 91.7 Å². The second-order valence-corrected chi connectivity index (χ2v) is 4.65. The smallest absolute Gasteiger partial charge is 0.200 e. The van der Waals surface area contributed by atoms with Gasteiger partial charge in [-0.25, -0.2) is 4.98 Å². The lowest BCUT2D eigenvalue weighted by atomic mass is 9.96. The molecule has 1 saturated carbocycles.